The summed E-state index contributed by atoms with van der Waals surface area (Å²) >= 11 is 0. The predicted molar refractivity (Wildman–Crippen MR) is 40.3 cm³/mol. The lowest BCUT2D eigenvalue weighted by Gasteiger charge is -2.15. The van der Waals surface area contributed by atoms with Crippen LogP contribution < -0.4 is 0 Å². The van der Waals surface area contributed by atoms with Gasteiger partial charge in [-0.3, -0.25) is 0 Å². The average Bonchev–Trinajstić information content (AvgIpc) is 2.51. The Kier molecular flexibility index (Phi) is 2.12. The van der Waals surface area contributed by atoms with E-state index in [4.69, 9.17) is 0 Å². The van der Waals surface area contributed by atoms with Crippen LogP contribution in [0.25, 0.3) is 0 Å². The highest BCUT2D eigenvalue weighted by Crippen LogP contribution is 2.21. The maximum absolute atomic E-state index is 2.29. The zero-order chi connectivity index (χ0) is 6.74. The lowest BCUT2D eigenvalue weighted by Crippen LogP contribution is -2.27. The van der Waals surface area contributed by atoms with Crippen LogP contribution >= 0.6 is 0 Å². The lowest BCUT2D eigenvalue weighted by molar-refractivity contribution is -0.799. The van der Waals surface area contributed by atoms with Crippen LogP contribution in [0.1, 0.15) is 26.7 Å². The van der Waals surface area contributed by atoms with Gasteiger partial charge < -0.3 is 4.48 Å². The Hall–Kier alpha value is -0.0400. The van der Waals surface area contributed by atoms with E-state index < -0.39 is 0 Å². The Bertz CT molecular complexity index is 76.6. The summed E-state index contributed by atoms with van der Waals surface area (Å²) < 4.78 is 1.44. The second kappa shape index (κ2) is 2.70. The highest BCUT2D eigenvalue weighted by atomic mass is 15.5. The second-order valence-corrected chi connectivity index (χ2v) is 3.24. The standard InChI is InChI=1S/C8H18N/c1-3-5-9(6-4-2)7-8-9/h3-8H2,1-2H3/q+1. The summed E-state index contributed by atoms with van der Waals surface area (Å²) in [5.74, 6) is 0. The van der Waals surface area contributed by atoms with E-state index in [1.54, 1.807) is 0 Å². The fourth-order valence-electron chi connectivity index (χ4n) is 1.65. The van der Waals surface area contributed by atoms with Crippen LogP contribution in [0.5, 0.6) is 0 Å². The molecule has 1 heterocycles. The maximum atomic E-state index is 2.29. The quantitative estimate of drug-likeness (QED) is 0.399. The molecule has 0 amide bonds. The Morgan fingerprint density at radius 1 is 1.00 bits per heavy atom. The van der Waals surface area contributed by atoms with Gasteiger partial charge in [-0.05, 0) is 12.8 Å². The van der Waals surface area contributed by atoms with Gasteiger partial charge in [0.15, 0.2) is 0 Å². The zero-order valence-corrected chi connectivity index (χ0v) is 6.69. The molecule has 9 heavy (non-hydrogen) atoms. The molecule has 0 bridgehead atoms. The van der Waals surface area contributed by atoms with E-state index in [0.29, 0.717) is 0 Å². The van der Waals surface area contributed by atoms with Crippen molar-refractivity contribution >= 4 is 0 Å². The number of nitrogens with zero attached hydrogens (tertiary/aromatic N) is 1. The normalized spacial score (nSPS) is 22.0. The van der Waals surface area contributed by atoms with Crippen molar-refractivity contribution in [2.75, 3.05) is 26.2 Å². The molecule has 0 aromatic heterocycles. The van der Waals surface area contributed by atoms with E-state index in [9.17, 15) is 0 Å². The van der Waals surface area contributed by atoms with Crippen molar-refractivity contribution in [3.63, 3.8) is 0 Å². The summed E-state index contributed by atoms with van der Waals surface area (Å²) in [6.45, 7) is 10.3. The van der Waals surface area contributed by atoms with Gasteiger partial charge in [-0.15, -0.1) is 0 Å². The van der Waals surface area contributed by atoms with Crippen molar-refractivity contribution in [3.8, 4) is 0 Å². The minimum Gasteiger partial charge on any atom is -0.314 e. The summed E-state index contributed by atoms with van der Waals surface area (Å²) in [7, 11) is 0. The molecule has 0 N–H and O–H groups in total. The first-order valence-corrected chi connectivity index (χ1v) is 4.18. The third kappa shape index (κ3) is 1.68. The van der Waals surface area contributed by atoms with Crippen molar-refractivity contribution in [2.45, 2.75) is 26.7 Å². The van der Waals surface area contributed by atoms with Crippen molar-refractivity contribution in [3.05, 3.63) is 0 Å². The fraction of sp³-hybridized carbons (Fsp3) is 1.00. The van der Waals surface area contributed by atoms with Crippen LogP contribution in [-0.2, 0) is 0 Å². The van der Waals surface area contributed by atoms with Gasteiger partial charge in [0.2, 0.25) is 0 Å². The van der Waals surface area contributed by atoms with Crippen molar-refractivity contribution in [2.24, 2.45) is 0 Å². The van der Waals surface area contributed by atoms with E-state index in [2.05, 4.69) is 13.8 Å². The summed E-state index contributed by atoms with van der Waals surface area (Å²) in [6.07, 6.45) is 2.72. The molecule has 1 aliphatic heterocycles. The van der Waals surface area contributed by atoms with Gasteiger partial charge in [-0.2, -0.15) is 0 Å². The SMILES string of the molecule is CCC[N+]1(CCC)CC1. The molecular formula is C8H18N+. The summed E-state index contributed by atoms with van der Waals surface area (Å²) in [4.78, 5) is 0. The summed E-state index contributed by atoms with van der Waals surface area (Å²) in [5.41, 5.74) is 0. The third-order valence-corrected chi connectivity index (χ3v) is 2.25. The van der Waals surface area contributed by atoms with E-state index in [0.717, 1.165) is 0 Å². The van der Waals surface area contributed by atoms with Gasteiger partial charge in [-0.1, -0.05) is 13.8 Å². The predicted octanol–water partition coefficient (Wildman–Crippen LogP) is 1.64. The van der Waals surface area contributed by atoms with Gasteiger partial charge >= 0.3 is 0 Å². The van der Waals surface area contributed by atoms with Gasteiger partial charge in [0, 0.05) is 0 Å². The van der Waals surface area contributed by atoms with E-state index >= 15 is 0 Å². The average molecular weight is 128 g/mol. The number of hydrogen-bond acceptors (Lipinski definition) is 0. The molecule has 0 saturated carbocycles. The Labute approximate surface area is 58.3 Å². The molecule has 0 radical (unpaired) electrons. The Balaban J connectivity index is 2.17. The first-order chi connectivity index (χ1) is 4.33. The molecule has 1 fully saturated rings. The molecule has 0 aromatic carbocycles. The molecule has 0 spiro atoms. The first kappa shape index (κ1) is 7.07. The number of quaternary nitrogens is 1. The smallest absolute Gasteiger partial charge is 0.129 e. The highest BCUT2D eigenvalue weighted by Gasteiger charge is 2.39. The topological polar surface area (TPSA) is 0 Å². The maximum Gasteiger partial charge on any atom is 0.129 e. The molecule has 0 atom stereocenters. The second-order valence-electron chi connectivity index (χ2n) is 3.24. The Morgan fingerprint density at radius 3 is 1.67 bits per heavy atom. The largest absolute Gasteiger partial charge is 0.314 e. The molecular weight excluding hydrogens is 110 g/mol. The monoisotopic (exact) mass is 128 g/mol. The van der Waals surface area contributed by atoms with Crippen LogP contribution in [0.15, 0.2) is 0 Å². The van der Waals surface area contributed by atoms with Crippen LogP contribution in [0.4, 0.5) is 0 Å². The Morgan fingerprint density at radius 2 is 1.44 bits per heavy atom. The van der Waals surface area contributed by atoms with Gasteiger partial charge in [0.05, 0.1) is 13.1 Å². The highest BCUT2D eigenvalue weighted by molar-refractivity contribution is 4.55. The molecule has 54 valence electrons. The summed E-state index contributed by atoms with van der Waals surface area (Å²) in [5, 5.41) is 0. The first-order valence-electron chi connectivity index (χ1n) is 4.18. The third-order valence-electron chi connectivity index (χ3n) is 2.25. The molecule has 1 saturated heterocycles. The molecule has 1 heteroatoms. The van der Waals surface area contributed by atoms with Crippen LogP contribution in [-0.4, -0.2) is 30.7 Å². The molecule has 0 aliphatic carbocycles. The molecule has 0 aromatic rings. The lowest BCUT2D eigenvalue weighted by atomic mass is 10.4. The van der Waals surface area contributed by atoms with E-state index in [1.165, 1.54) is 43.5 Å². The minimum absolute atomic E-state index is 1.36. The van der Waals surface area contributed by atoms with Gasteiger partial charge in [0.25, 0.3) is 0 Å². The van der Waals surface area contributed by atoms with Gasteiger partial charge in [0.1, 0.15) is 13.1 Å². The number of rotatable bonds is 4. The van der Waals surface area contributed by atoms with E-state index in [-0.39, 0.29) is 0 Å². The van der Waals surface area contributed by atoms with Crippen molar-refractivity contribution < 1.29 is 4.48 Å². The van der Waals surface area contributed by atoms with Gasteiger partial charge in [-0.25, -0.2) is 0 Å². The van der Waals surface area contributed by atoms with Crippen molar-refractivity contribution in [1.82, 2.24) is 0 Å². The van der Waals surface area contributed by atoms with Crippen LogP contribution in [0.2, 0.25) is 0 Å². The van der Waals surface area contributed by atoms with E-state index in [1.807, 2.05) is 0 Å². The molecule has 1 rings (SSSR count). The molecule has 1 nitrogen and oxygen atoms in total. The fourth-order valence-corrected chi connectivity index (χ4v) is 1.65. The minimum atomic E-state index is 1.36. The molecule has 1 aliphatic rings. The zero-order valence-electron chi connectivity index (χ0n) is 6.69. The number of hydrogen-bond donors (Lipinski definition) is 0. The van der Waals surface area contributed by atoms with Crippen molar-refractivity contribution in [1.29, 1.82) is 0 Å². The van der Waals surface area contributed by atoms with Crippen LogP contribution in [0.3, 0.4) is 0 Å². The molecule has 0 unspecified atom stereocenters. The van der Waals surface area contributed by atoms with Crippen LogP contribution in [0, 0.1) is 0 Å². The summed E-state index contributed by atoms with van der Waals surface area (Å²) in [6, 6.07) is 0.